The summed E-state index contributed by atoms with van der Waals surface area (Å²) in [5.74, 6) is -1.60. The second kappa shape index (κ2) is 5.81. The first-order chi connectivity index (χ1) is 12.5. The third kappa shape index (κ3) is 2.29. The lowest BCUT2D eigenvalue weighted by atomic mass is 9.92. The molecule has 4 aromatic carbocycles. The van der Waals surface area contributed by atoms with Crippen molar-refractivity contribution in [2.45, 2.75) is 0 Å². The van der Waals surface area contributed by atoms with E-state index in [1.54, 1.807) is 24.3 Å². The van der Waals surface area contributed by atoms with Crippen LogP contribution < -0.4 is 11.5 Å². The summed E-state index contributed by atoms with van der Waals surface area (Å²) in [6, 6.07) is 14.9. The van der Waals surface area contributed by atoms with E-state index in [0.29, 0.717) is 22.1 Å². The zero-order valence-electron chi connectivity index (χ0n) is 13.6. The molecule has 0 fully saturated rings. The van der Waals surface area contributed by atoms with Crippen LogP contribution >= 0.6 is 0 Å². The highest BCUT2D eigenvalue weighted by molar-refractivity contribution is 6.22. The second-order valence-electron chi connectivity index (χ2n) is 6.06. The van der Waals surface area contributed by atoms with Gasteiger partial charge in [0.1, 0.15) is 11.6 Å². The van der Waals surface area contributed by atoms with Crippen molar-refractivity contribution in [1.29, 1.82) is 0 Å². The Morgan fingerprint density at radius 3 is 1.50 bits per heavy atom. The lowest BCUT2D eigenvalue weighted by molar-refractivity contribution is 0.104. The molecule has 4 aromatic rings. The van der Waals surface area contributed by atoms with Gasteiger partial charge < -0.3 is 11.5 Å². The first kappa shape index (κ1) is 16.0. The Balaban J connectivity index is 2.05. The van der Waals surface area contributed by atoms with Crippen LogP contribution in [0, 0.1) is 11.6 Å². The maximum absolute atomic E-state index is 14.5. The Bertz CT molecular complexity index is 1110. The number of carbonyl (C=O) groups excluding carboxylic acids is 1. The Morgan fingerprint density at radius 1 is 0.654 bits per heavy atom. The quantitative estimate of drug-likeness (QED) is 0.409. The van der Waals surface area contributed by atoms with E-state index in [2.05, 4.69) is 0 Å². The molecule has 0 radical (unpaired) electrons. The maximum Gasteiger partial charge on any atom is 0.194 e. The molecule has 0 saturated carbocycles. The number of nitrogens with two attached hydrogens (primary N) is 2. The molecular formula is C21H14F2N2O. The molecule has 0 aliphatic rings. The molecule has 0 spiro atoms. The van der Waals surface area contributed by atoms with Gasteiger partial charge in [-0.05, 0) is 24.3 Å². The van der Waals surface area contributed by atoms with Crippen LogP contribution in [0.5, 0.6) is 0 Å². The summed E-state index contributed by atoms with van der Waals surface area (Å²) >= 11 is 0. The van der Waals surface area contributed by atoms with Crippen molar-refractivity contribution in [2.75, 3.05) is 11.5 Å². The van der Waals surface area contributed by atoms with E-state index in [-0.39, 0.29) is 21.9 Å². The van der Waals surface area contributed by atoms with E-state index in [1.165, 1.54) is 36.4 Å². The molecule has 0 aliphatic carbocycles. The molecular weight excluding hydrogens is 334 g/mol. The van der Waals surface area contributed by atoms with Crippen molar-refractivity contribution in [3.8, 4) is 0 Å². The van der Waals surface area contributed by atoms with E-state index in [0.717, 1.165) is 0 Å². The molecule has 0 atom stereocenters. The number of nitrogen functional groups attached to an aromatic ring is 2. The summed E-state index contributed by atoms with van der Waals surface area (Å²) in [5.41, 5.74) is 12.8. The molecule has 128 valence electrons. The molecule has 0 heterocycles. The number of fused-ring (bicyclic) bond motifs is 2. The predicted molar refractivity (Wildman–Crippen MR) is 100 cm³/mol. The molecule has 0 unspecified atom stereocenters. The second-order valence-corrected chi connectivity index (χ2v) is 6.06. The van der Waals surface area contributed by atoms with Crippen LogP contribution in [0.25, 0.3) is 21.5 Å². The van der Waals surface area contributed by atoms with Gasteiger partial charge in [0, 0.05) is 44.0 Å². The monoisotopic (exact) mass is 348 g/mol. The van der Waals surface area contributed by atoms with E-state index in [9.17, 15) is 13.6 Å². The van der Waals surface area contributed by atoms with Gasteiger partial charge >= 0.3 is 0 Å². The van der Waals surface area contributed by atoms with E-state index in [4.69, 9.17) is 11.5 Å². The van der Waals surface area contributed by atoms with Crippen LogP contribution in [-0.2, 0) is 0 Å². The van der Waals surface area contributed by atoms with Gasteiger partial charge in [0.05, 0.1) is 0 Å². The third-order valence-corrected chi connectivity index (χ3v) is 4.54. The fraction of sp³-hybridized carbons (Fsp3) is 0. The van der Waals surface area contributed by atoms with Gasteiger partial charge in [0.25, 0.3) is 0 Å². The first-order valence-electron chi connectivity index (χ1n) is 7.97. The molecule has 0 saturated heterocycles. The Hall–Kier alpha value is -3.47. The standard InChI is InChI=1S/C21H14F2N2O/c22-15-7-9-17(24)11-3-1-5-13(19(11)15)21(26)14-6-2-4-12-18(25)10-8-16(23)20(12)14/h1-10H,24-25H2. The predicted octanol–water partition coefficient (Wildman–Crippen LogP) is 4.67. The van der Waals surface area contributed by atoms with Crippen LogP contribution in [0.1, 0.15) is 15.9 Å². The largest absolute Gasteiger partial charge is 0.398 e. The van der Waals surface area contributed by atoms with Crippen LogP contribution in [0.4, 0.5) is 20.2 Å². The molecule has 0 amide bonds. The van der Waals surface area contributed by atoms with Gasteiger partial charge in [0.15, 0.2) is 5.78 Å². The first-order valence-corrected chi connectivity index (χ1v) is 7.97. The summed E-state index contributed by atoms with van der Waals surface area (Å²) in [7, 11) is 0. The molecule has 0 aliphatic heterocycles. The van der Waals surface area contributed by atoms with Crippen molar-refractivity contribution in [3.63, 3.8) is 0 Å². The van der Waals surface area contributed by atoms with Crippen LogP contribution in [-0.4, -0.2) is 5.78 Å². The normalized spacial score (nSPS) is 11.2. The van der Waals surface area contributed by atoms with Crippen molar-refractivity contribution in [2.24, 2.45) is 0 Å². The number of hydrogen-bond donors (Lipinski definition) is 2. The van der Waals surface area contributed by atoms with Gasteiger partial charge in [0.2, 0.25) is 0 Å². The summed E-state index contributed by atoms with van der Waals surface area (Å²) in [6.07, 6.45) is 0. The van der Waals surface area contributed by atoms with Crippen molar-refractivity contribution >= 4 is 38.7 Å². The van der Waals surface area contributed by atoms with E-state index >= 15 is 0 Å². The lowest BCUT2D eigenvalue weighted by Crippen LogP contribution is -2.06. The zero-order chi connectivity index (χ0) is 18.4. The minimum Gasteiger partial charge on any atom is -0.398 e. The highest BCUT2D eigenvalue weighted by Gasteiger charge is 2.20. The number of rotatable bonds is 2. The number of anilines is 2. The minimum atomic E-state index is -0.557. The SMILES string of the molecule is Nc1ccc(F)c2c(C(=O)c3cccc4c(N)ccc(F)c34)cccc12. The number of hydrogen-bond acceptors (Lipinski definition) is 3. The molecule has 5 heteroatoms. The highest BCUT2D eigenvalue weighted by atomic mass is 19.1. The van der Waals surface area contributed by atoms with E-state index in [1.807, 2.05) is 0 Å². The molecule has 4 N–H and O–H groups in total. The Labute approximate surface area is 147 Å². The van der Waals surface area contributed by atoms with Gasteiger partial charge in [-0.1, -0.05) is 36.4 Å². The van der Waals surface area contributed by atoms with Crippen LogP contribution in [0.15, 0.2) is 60.7 Å². The fourth-order valence-corrected chi connectivity index (χ4v) is 3.30. The zero-order valence-corrected chi connectivity index (χ0v) is 13.6. The molecule has 26 heavy (non-hydrogen) atoms. The number of benzene rings is 4. The fourth-order valence-electron chi connectivity index (χ4n) is 3.30. The molecule has 0 aromatic heterocycles. The summed E-state index contributed by atoms with van der Waals surface area (Å²) in [6.45, 7) is 0. The Morgan fingerprint density at radius 2 is 1.08 bits per heavy atom. The summed E-state index contributed by atoms with van der Waals surface area (Å²) in [4.78, 5) is 13.2. The topological polar surface area (TPSA) is 69.1 Å². The number of ketones is 1. The van der Waals surface area contributed by atoms with Crippen molar-refractivity contribution in [3.05, 3.63) is 83.4 Å². The van der Waals surface area contributed by atoms with Crippen LogP contribution in [0.2, 0.25) is 0 Å². The average molecular weight is 348 g/mol. The maximum atomic E-state index is 14.5. The van der Waals surface area contributed by atoms with Crippen LogP contribution in [0.3, 0.4) is 0 Å². The van der Waals surface area contributed by atoms with Gasteiger partial charge in [-0.3, -0.25) is 4.79 Å². The average Bonchev–Trinajstić information content (AvgIpc) is 2.66. The minimum absolute atomic E-state index is 0.124. The Kier molecular flexibility index (Phi) is 3.58. The van der Waals surface area contributed by atoms with Crippen molar-refractivity contribution in [1.82, 2.24) is 0 Å². The van der Waals surface area contributed by atoms with Crippen molar-refractivity contribution < 1.29 is 13.6 Å². The molecule has 3 nitrogen and oxygen atoms in total. The number of halogens is 2. The third-order valence-electron chi connectivity index (χ3n) is 4.54. The van der Waals surface area contributed by atoms with Gasteiger partial charge in [-0.25, -0.2) is 8.78 Å². The summed E-state index contributed by atoms with van der Waals surface area (Å²) < 4.78 is 28.9. The van der Waals surface area contributed by atoms with Gasteiger partial charge in [-0.2, -0.15) is 0 Å². The molecule has 4 rings (SSSR count). The lowest BCUT2D eigenvalue weighted by Gasteiger charge is -2.12. The van der Waals surface area contributed by atoms with E-state index < -0.39 is 17.4 Å². The smallest absolute Gasteiger partial charge is 0.194 e. The van der Waals surface area contributed by atoms with Gasteiger partial charge in [-0.15, -0.1) is 0 Å². The number of carbonyl (C=O) groups is 1. The molecule has 0 bridgehead atoms. The highest BCUT2D eigenvalue weighted by Crippen LogP contribution is 2.32. The summed E-state index contributed by atoms with van der Waals surface area (Å²) in [5, 5.41) is 1.13.